The minimum atomic E-state index is -0.923. The summed E-state index contributed by atoms with van der Waals surface area (Å²) in [5, 5.41) is 11.1. The Kier molecular flexibility index (Phi) is 5.21. The van der Waals surface area contributed by atoms with Crippen LogP contribution >= 0.6 is 0 Å². The van der Waals surface area contributed by atoms with Gasteiger partial charge in [0.25, 0.3) is 0 Å². The SMILES string of the molecule is CCCCC(=O)N1CCC2(CC1)CC(O)(c1ccccn1)CCO2. The van der Waals surface area contributed by atoms with Crippen LogP contribution in [0.25, 0.3) is 0 Å². The molecule has 1 N–H and O–H groups in total. The van der Waals surface area contributed by atoms with Gasteiger partial charge in [-0.3, -0.25) is 9.78 Å². The Bertz CT molecular complexity index is 555. The van der Waals surface area contributed by atoms with Crippen molar-refractivity contribution in [3.63, 3.8) is 0 Å². The summed E-state index contributed by atoms with van der Waals surface area (Å²) in [6.07, 6.45) is 7.09. The third kappa shape index (κ3) is 3.62. The molecule has 0 aromatic carbocycles. The fraction of sp³-hybridized carbons (Fsp3) is 0.684. The van der Waals surface area contributed by atoms with Crippen LogP contribution in [0.5, 0.6) is 0 Å². The van der Waals surface area contributed by atoms with E-state index in [0.717, 1.165) is 44.5 Å². The predicted molar refractivity (Wildman–Crippen MR) is 91.4 cm³/mol. The van der Waals surface area contributed by atoms with Crippen molar-refractivity contribution in [2.24, 2.45) is 0 Å². The van der Waals surface area contributed by atoms with E-state index >= 15 is 0 Å². The maximum Gasteiger partial charge on any atom is 0.222 e. The second kappa shape index (κ2) is 7.19. The molecule has 5 nitrogen and oxygen atoms in total. The van der Waals surface area contributed by atoms with Crippen molar-refractivity contribution in [1.29, 1.82) is 0 Å². The lowest BCUT2D eigenvalue weighted by Crippen LogP contribution is -2.54. The van der Waals surface area contributed by atoms with Crippen molar-refractivity contribution >= 4 is 5.91 Å². The van der Waals surface area contributed by atoms with E-state index in [1.54, 1.807) is 6.20 Å². The van der Waals surface area contributed by atoms with Gasteiger partial charge in [0.1, 0.15) is 5.60 Å². The number of likely N-dealkylation sites (tertiary alicyclic amines) is 1. The van der Waals surface area contributed by atoms with Gasteiger partial charge in [-0.25, -0.2) is 0 Å². The van der Waals surface area contributed by atoms with E-state index in [9.17, 15) is 9.90 Å². The van der Waals surface area contributed by atoms with Crippen LogP contribution in [-0.4, -0.2) is 46.2 Å². The molecule has 2 aliphatic heterocycles. The number of aliphatic hydroxyl groups is 1. The highest BCUT2D eigenvalue weighted by Gasteiger charge is 2.48. The average Bonchev–Trinajstić information content (AvgIpc) is 2.61. The summed E-state index contributed by atoms with van der Waals surface area (Å²) in [5.74, 6) is 0.252. The number of carbonyl (C=O) groups excluding carboxylic acids is 1. The number of unbranched alkanes of at least 4 members (excludes halogenated alkanes) is 1. The van der Waals surface area contributed by atoms with E-state index < -0.39 is 5.60 Å². The molecule has 3 heterocycles. The van der Waals surface area contributed by atoms with E-state index in [-0.39, 0.29) is 11.5 Å². The van der Waals surface area contributed by atoms with Gasteiger partial charge in [0.15, 0.2) is 0 Å². The van der Waals surface area contributed by atoms with Crippen LogP contribution < -0.4 is 0 Å². The lowest BCUT2D eigenvalue weighted by molar-refractivity contribution is -0.185. The summed E-state index contributed by atoms with van der Waals surface area (Å²) in [6.45, 7) is 4.09. The zero-order valence-electron chi connectivity index (χ0n) is 14.5. The van der Waals surface area contributed by atoms with Crippen LogP contribution in [0, 0.1) is 0 Å². The van der Waals surface area contributed by atoms with Crippen LogP contribution in [0.3, 0.4) is 0 Å². The first-order valence-corrected chi connectivity index (χ1v) is 9.13. The van der Waals surface area contributed by atoms with Gasteiger partial charge in [0.05, 0.1) is 17.9 Å². The molecule has 1 atom stereocenters. The number of carbonyl (C=O) groups is 1. The molecule has 1 amide bonds. The van der Waals surface area contributed by atoms with Gasteiger partial charge < -0.3 is 14.7 Å². The van der Waals surface area contributed by atoms with Crippen LogP contribution in [0.2, 0.25) is 0 Å². The Morgan fingerprint density at radius 3 is 2.79 bits per heavy atom. The number of nitrogens with zero attached hydrogens (tertiary/aromatic N) is 2. The zero-order valence-corrected chi connectivity index (χ0v) is 14.5. The summed E-state index contributed by atoms with van der Waals surface area (Å²) in [5.41, 5.74) is -0.519. The molecule has 1 aromatic heterocycles. The summed E-state index contributed by atoms with van der Waals surface area (Å²) < 4.78 is 6.11. The first-order chi connectivity index (χ1) is 11.6. The Labute approximate surface area is 144 Å². The average molecular weight is 332 g/mol. The smallest absolute Gasteiger partial charge is 0.222 e. The minimum Gasteiger partial charge on any atom is -0.383 e. The van der Waals surface area contributed by atoms with Crippen molar-refractivity contribution in [2.75, 3.05) is 19.7 Å². The molecular formula is C19H28N2O3. The Morgan fingerprint density at radius 2 is 2.12 bits per heavy atom. The maximum absolute atomic E-state index is 12.2. The highest BCUT2D eigenvalue weighted by molar-refractivity contribution is 5.76. The van der Waals surface area contributed by atoms with Gasteiger partial charge in [-0.05, 0) is 31.4 Å². The molecule has 2 saturated heterocycles. The number of hydrogen-bond donors (Lipinski definition) is 1. The third-order valence-electron chi connectivity index (χ3n) is 5.45. The molecular weight excluding hydrogens is 304 g/mol. The summed E-state index contributed by atoms with van der Waals surface area (Å²) in [4.78, 5) is 18.5. The molecule has 132 valence electrons. The standard InChI is InChI=1S/C19H28N2O3/c1-2-3-7-17(22)21-12-8-18(9-13-21)15-19(23,10-14-24-18)16-6-4-5-11-20-16/h4-6,11,23H,2-3,7-10,12-15H2,1H3. The van der Waals surface area contributed by atoms with E-state index in [1.807, 2.05) is 23.1 Å². The van der Waals surface area contributed by atoms with Gasteiger partial charge in [-0.15, -0.1) is 0 Å². The number of piperidine rings is 1. The molecule has 24 heavy (non-hydrogen) atoms. The van der Waals surface area contributed by atoms with Crippen molar-refractivity contribution in [2.45, 2.75) is 63.1 Å². The van der Waals surface area contributed by atoms with Crippen molar-refractivity contribution in [3.05, 3.63) is 30.1 Å². The number of pyridine rings is 1. The van der Waals surface area contributed by atoms with Gasteiger partial charge in [0, 0.05) is 38.5 Å². The fourth-order valence-corrected chi connectivity index (χ4v) is 3.94. The number of ether oxygens (including phenoxy) is 1. The van der Waals surface area contributed by atoms with Gasteiger partial charge in [-0.2, -0.15) is 0 Å². The molecule has 2 aliphatic rings. The monoisotopic (exact) mass is 332 g/mol. The number of aromatic nitrogens is 1. The molecule has 0 aliphatic carbocycles. The largest absolute Gasteiger partial charge is 0.383 e. The highest BCUT2D eigenvalue weighted by Crippen LogP contribution is 2.43. The highest BCUT2D eigenvalue weighted by atomic mass is 16.5. The van der Waals surface area contributed by atoms with E-state index in [1.165, 1.54) is 0 Å². The fourth-order valence-electron chi connectivity index (χ4n) is 3.94. The minimum absolute atomic E-state index is 0.252. The lowest BCUT2D eigenvalue weighted by Gasteiger charge is -2.49. The molecule has 2 fully saturated rings. The number of rotatable bonds is 4. The van der Waals surface area contributed by atoms with Crippen LogP contribution in [-0.2, 0) is 15.1 Å². The maximum atomic E-state index is 12.2. The van der Waals surface area contributed by atoms with Crippen molar-refractivity contribution in [1.82, 2.24) is 9.88 Å². The number of hydrogen-bond acceptors (Lipinski definition) is 4. The Balaban J connectivity index is 1.64. The topological polar surface area (TPSA) is 62.7 Å². The summed E-state index contributed by atoms with van der Waals surface area (Å²) in [6, 6.07) is 5.67. The number of amides is 1. The van der Waals surface area contributed by atoms with E-state index in [4.69, 9.17) is 4.74 Å². The van der Waals surface area contributed by atoms with Crippen molar-refractivity contribution < 1.29 is 14.6 Å². The zero-order chi connectivity index (χ0) is 17.0. The van der Waals surface area contributed by atoms with Crippen LogP contribution in [0.1, 0.15) is 57.6 Å². The molecule has 0 bridgehead atoms. The molecule has 1 spiro atoms. The quantitative estimate of drug-likeness (QED) is 0.921. The molecule has 0 radical (unpaired) electrons. The van der Waals surface area contributed by atoms with Gasteiger partial charge in [0.2, 0.25) is 5.91 Å². The third-order valence-corrected chi connectivity index (χ3v) is 5.45. The second-order valence-electron chi connectivity index (χ2n) is 7.19. The molecule has 1 aromatic rings. The first-order valence-electron chi connectivity index (χ1n) is 9.13. The predicted octanol–water partition coefficient (Wildman–Crippen LogP) is 2.63. The molecule has 1 unspecified atom stereocenters. The molecule has 5 heteroatoms. The molecule has 3 rings (SSSR count). The second-order valence-corrected chi connectivity index (χ2v) is 7.19. The lowest BCUT2D eigenvalue weighted by atomic mass is 9.75. The van der Waals surface area contributed by atoms with Crippen molar-refractivity contribution in [3.8, 4) is 0 Å². The van der Waals surface area contributed by atoms with E-state index in [0.29, 0.717) is 25.9 Å². The van der Waals surface area contributed by atoms with Crippen LogP contribution in [0.4, 0.5) is 0 Å². The van der Waals surface area contributed by atoms with Gasteiger partial charge >= 0.3 is 0 Å². The Hall–Kier alpha value is -1.46. The van der Waals surface area contributed by atoms with E-state index in [2.05, 4.69) is 11.9 Å². The summed E-state index contributed by atoms with van der Waals surface area (Å²) >= 11 is 0. The normalized spacial score (nSPS) is 26.5. The molecule has 0 saturated carbocycles. The Morgan fingerprint density at radius 1 is 1.33 bits per heavy atom. The summed E-state index contributed by atoms with van der Waals surface area (Å²) in [7, 11) is 0. The van der Waals surface area contributed by atoms with Crippen LogP contribution in [0.15, 0.2) is 24.4 Å². The first kappa shape index (κ1) is 17.4. The van der Waals surface area contributed by atoms with Gasteiger partial charge in [-0.1, -0.05) is 19.4 Å².